The molecule has 2 aliphatic heterocycles. The van der Waals surface area contributed by atoms with E-state index in [1.54, 1.807) is 0 Å². The normalized spacial score (nSPS) is 12.6. The lowest BCUT2D eigenvalue weighted by molar-refractivity contribution is 0.487. The molecule has 58 heavy (non-hydrogen) atoms. The first-order valence-electron chi connectivity index (χ1n) is 20.0. The van der Waals surface area contributed by atoms with E-state index in [4.69, 9.17) is 4.74 Å². The molecule has 4 heteroatoms. The molecule has 9 aromatic carbocycles. The summed E-state index contributed by atoms with van der Waals surface area (Å²) >= 11 is 0. The fourth-order valence-electron chi connectivity index (χ4n) is 9.48. The third-order valence-corrected chi connectivity index (χ3v) is 12.0. The van der Waals surface area contributed by atoms with Crippen molar-refractivity contribution < 1.29 is 4.74 Å². The minimum atomic E-state index is -0.153. The van der Waals surface area contributed by atoms with Crippen LogP contribution in [0.4, 0.5) is 11.4 Å². The molecular formula is C54H35BN2O. The Hall–Kier alpha value is -7.56. The SMILES string of the molecule is c1ccc(-c2cccc(N3B4c5cc(-c6ccccc6-n6c7ccccc7c7ccccc76)ccc5Oc5cc(-c6ccccc6)cc(c54)-c4ccccc43)c2)cc1. The zero-order valence-electron chi connectivity index (χ0n) is 31.6. The van der Waals surface area contributed by atoms with E-state index in [-0.39, 0.29) is 6.85 Å². The quantitative estimate of drug-likeness (QED) is 0.164. The summed E-state index contributed by atoms with van der Waals surface area (Å²) in [7, 11) is 0. The first-order chi connectivity index (χ1) is 28.8. The fourth-order valence-corrected chi connectivity index (χ4v) is 9.48. The Morgan fingerprint density at radius 1 is 0.362 bits per heavy atom. The smallest absolute Gasteiger partial charge is 0.336 e. The van der Waals surface area contributed by atoms with Gasteiger partial charge >= 0.3 is 6.85 Å². The van der Waals surface area contributed by atoms with Gasteiger partial charge in [-0.2, -0.15) is 0 Å². The summed E-state index contributed by atoms with van der Waals surface area (Å²) in [6.45, 7) is -0.153. The Kier molecular flexibility index (Phi) is 7.33. The Labute approximate surface area is 337 Å². The Bertz CT molecular complexity index is 3170. The maximum Gasteiger partial charge on any atom is 0.336 e. The van der Waals surface area contributed by atoms with Crippen molar-refractivity contribution in [1.82, 2.24) is 4.57 Å². The summed E-state index contributed by atoms with van der Waals surface area (Å²) in [4.78, 5) is 2.54. The van der Waals surface area contributed by atoms with E-state index in [2.05, 4.69) is 222 Å². The molecule has 0 N–H and O–H groups in total. The highest BCUT2D eigenvalue weighted by Gasteiger charge is 2.44. The van der Waals surface area contributed by atoms with Crippen LogP contribution in [0.1, 0.15) is 0 Å². The van der Waals surface area contributed by atoms with Gasteiger partial charge in [-0.1, -0.05) is 158 Å². The molecule has 2 aliphatic rings. The zero-order valence-corrected chi connectivity index (χ0v) is 31.6. The van der Waals surface area contributed by atoms with Gasteiger partial charge in [-0.25, -0.2) is 0 Å². The Morgan fingerprint density at radius 2 is 0.966 bits per heavy atom. The number of ether oxygens (including phenoxy) is 1. The summed E-state index contributed by atoms with van der Waals surface area (Å²) in [5.74, 6) is 1.77. The highest BCUT2D eigenvalue weighted by molar-refractivity contribution is 6.92. The van der Waals surface area contributed by atoms with Crippen LogP contribution in [0.15, 0.2) is 212 Å². The molecule has 0 bridgehead atoms. The average molecular weight is 739 g/mol. The van der Waals surface area contributed by atoms with E-state index in [1.165, 1.54) is 60.8 Å². The Morgan fingerprint density at radius 3 is 1.71 bits per heavy atom. The number of fused-ring (bicyclic) bond motifs is 7. The number of anilines is 2. The monoisotopic (exact) mass is 738 g/mol. The van der Waals surface area contributed by atoms with Crippen molar-refractivity contribution in [3.05, 3.63) is 212 Å². The van der Waals surface area contributed by atoms with Crippen molar-refractivity contribution in [3.63, 3.8) is 0 Å². The second-order valence-corrected chi connectivity index (χ2v) is 15.2. The van der Waals surface area contributed by atoms with E-state index < -0.39 is 0 Å². The van der Waals surface area contributed by atoms with Gasteiger partial charge in [0, 0.05) is 38.7 Å². The van der Waals surface area contributed by atoms with E-state index >= 15 is 0 Å². The van der Waals surface area contributed by atoms with Gasteiger partial charge in [-0.05, 0) is 93.4 Å². The average Bonchev–Trinajstić information content (AvgIpc) is 3.63. The molecule has 3 heterocycles. The molecule has 0 unspecified atom stereocenters. The molecule has 0 saturated carbocycles. The molecule has 270 valence electrons. The molecule has 0 spiro atoms. The highest BCUT2D eigenvalue weighted by Crippen LogP contribution is 2.46. The summed E-state index contributed by atoms with van der Waals surface area (Å²) in [5, 5.41) is 2.50. The molecule has 0 atom stereocenters. The lowest BCUT2D eigenvalue weighted by Crippen LogP contribution is -2.59. The zero-order chi connectivity index (χ0) is 38.2. The largest absolute Gasteiger partial charge is 0.458 e. The lowest BCUT2D eigenvalue weighted by Gasteiger charge is -2.42. The number of benzene rings is 9. The topological polar surface area (TPSA) is 17.4 Å². The summed E-state index contributed by atoms with van der Waals surface area (Å²) in [6.07, 6.45) is 0. The number of rotatable bonds is 5. The van der Waals surface area contributed by atoms with Crippen LogP contribution in [0.3, 0.4) is 0 Å². The van der Waals surface area contributed by atoms with Gasteiger partial charge < -0.3 is 14.1 Å². The maximum absolute atomic E-state index is 7.06. The number of para-hydroxylation sites is 4. The predicted octanol–water partition coefficient (Wildman–Crippen LogP) is 12.8. The molecule has 12 rings (SSSR count). The van der Waals surface area contributed by atoms with Gasteiger partial charge in [0.1, 0.15) is 11.5 Å². The maximum atomic E-state index is 7.06. The van der Waals surface area contributed by atoms with Gasteiger partial charge in [-0.15, -0.1) is 0 Å². The van der Waals surface area contributed by atoms with E-state index in [0.29, 0.717) is 0 Å². The van der Waals surface area contributed by atoms with Gasteiger partial charge in [0.2, 0.25) is 0 Å². The number of aromatic nitrogens is 1. The van der Waals surface area contributed by atoms with E-state index in [0.717, 1.165) is 45.0 Å². The molecule has 0 saturated heterocycles. The predicted molar refractivity (Wildman–Crippen MR) is 243 cm³/mol. The number of hydrogen-bond donors (Lipinski definition) is 0. The minimum absolute atomic E-state index is 0.153. The van der Waals surface area contributed by atoms with Crippen LogP contribution in [0.25, 0.3) is 72.0 Å². The molecule has 3 nitrogen and oxygen atoms in total. The van der Waals surface area contributed by atoms with Crippen molar-refractivity contribution in [2.24, 2.45) is 0 Å². The minimum Gasteiger partial charge on any atom is -0.458 e. The Balaban J connectivity index is 1.10. The third kappa shape index (κ3) is 5.02. The van der Waals surface area contributed by atoms with Crippen LogP contribution in [-0.4, -0.2) is 11.4 Å². The van der Waals surface area contributed by atoms with Crippen molar-refractivity contribution in [2.45, 2.75) is 0 Å². The van der Waals surface area contributed by atoms with Crippen LogP contribution < -0.4 is 20.5 Å². The van der Waals surface area contributed by atoms with Crippen molar-refractivity contribution in [1.29, 1.82) is 0 Å². The summed E-state index contributed by atoms with van der Waals surface area (Å²) < 4.78 is 9.48. The van der Waals surface area contributed by atoms with E-state index in [1.807, 2.05) is 0 Å². The molecule has 0 amide bonds. The van der Waals surface area contributed by atoms with Crippen LogP contribution in [0, 0.1) is 0 Å². The highest BCUT2D eigenvalue weighted by atomic mass is 16.5. The fraction of sp³-hybridized carbons (Fsp3) is 0. The first kappa shape index (κ1) is 32.7. The summed E-state index contributed by atoms with van der Waals surface area (Å²) in [5.41, 5.74) is 17.5. The van der Waals surface area contributed by atoms with Crippen LogP contribution in [0.5, 0.6) is 11.5 Å². The van der Waals surface area contributed by atoms with Gasteiger partial charge in [0.05, 0.1) is 16.7 Å². The standard InChI is InChI=1S/C54H35BN2O/c1-3-16-36(17-4-1)38-20-15-21-41(32-38)57-51-29-14-10-25-45(51)46-33-40(37-18-5-2-6-19-37)35-53-54(46)55(57)47-34-39(30-31-52(47)58-53)42-22-7-11-26-48(42)56-49-27-12-8-23-43(49)44-24-9-13-28-50(44)56/h1-35H. The van der Waals surface area contributed by atoms with Gasteiger partial charge in [0.25, 0.3) is 0 Å². The second kappa shape index (κ2) is 13.0. The van der Waals surface area contributed by atoms with Crippen LogP contribution in [0.2, 0.25) is 0 Å². The number of hydrogen-bond acceptors (Lipinski definition) is 2. The molecule has 0 fully saturated rings. The molecular weight excluding hydrogens is 703 g/mol. The van der Waals surface area contributed by atoms with Crippen molar-refractivity contribution in [2.75, 3.05) is 4.81 Å². The van der Waals surface area contributed by atoms with Gasteiger partial charge in [0.15, 0.2) is 0 Å². The molecule has 1 aromatic heterocycles. The molecule has 10 aromatic rings. The molecule has 0 aliphatic carbocycles. The van der Waals surface area contributed by atoms with Crippen molar-refractivity contribution >= 4 is 51.0 Å². The van der Waals surface area contributed by atoms with Gasteiger partial charge in [-0.3, -0.25) is 0 Å². The van der Waals surface area contributed by atoms with Crippen LogP contribution >= 0.6 is 0 Å². The van der Waals surface area contributed by atoms with Crippen molar-refractivity contribution in [3.8, 4) is 61.7 Å². The lowest BCUT2D eigenvalue weighted by atomic mass is 9.44. The number of nitrogens with zero attached hydrogens (tertiary/aromatic N) is 2. The first-order valence-corrected chi connectivity index (χ1v) is 20.0. The van der Waals surface area contributed by atoms with Crippen LogP contribution in [-0.2, 0) is 0 Å². The summed E-state index contributed by atoms with van der Waals surface area (Å²) in [6, 6.07) is 76.8. The van der Waals surface area contributed by atoms with E-state index in [9.17, 15) is 0 Å². The molecule has 0 radical (unpaired) electrons. The second-order valence-electron chi connectivity index (χ2n) is 15.2. The third-order valence-electron chi connectivity index (χ3n) is 12.0.